The first-order valence-corrected chi connectivity index (χ1v) is 6.95. The second kappa shape index (κ2) is 5.52. The zero-order chi connectivity index (χ0) is 14.8. The Labute approximate surface area is 123 Å². The molecule has 0 amide bonds. The third-order valence-corrected chi connectivity index (χ3v) is 3.52. The van der Waals surface area contributed by atoms with E-state index in [9.17, 15) is 4.79 Å². The summed E-state index contributed by atoms with van der Waals surface area (Å²) in [6.45, 7) is 0.214. The van der Waals surface area contributed by atoms with Crippen LogP contribution in [0.5, 0.6) is 5.75 Å². The number of carbonyl (C=O) groups is 1. The molecule has 1 fully saturated rings. The number of rotatable bonds is 5. The van der Waals surface area contributed by atoms with Gasteiger partial charge in [0.05, 0.1) is 12.8 Å². The molecule has 1 saturated carbocycles. The first kappa shape index (κ1) is 13.5. The Morgan fingerprint density at radius 2 is 2.19 bits per heavy atom. The molecule has 0 atom stereocenters. The standard InChI is InChI=1S/C16H18N2O3/c1-20-14-4-2-3-11(7-14)10-21-16(19)15-8-12(17)9-18(15)13-5-6-13/h2-4,7-9,13H,5-6,10,17H2,1H3. The number of aromatic nitrogens is 1. The van der Waals surface area contributed by atoms with Crippen molar-refractivity contribution < 1.29 is 14.3 Å². The predicted octanol–water partition coefficient (Wildman–Crippen LogP) is 2.77. The van der Waals surface area contributed by atoms with E-state index in [0.29, 0.717) is 17.4 Å². The molecule has 110 valence electrons. The number of hydrogen-bond donors (Lipinski definition) is 1. The van der Waals surface area contributed by atoms with E-state index in [2.05, 4.69) is 0 Å². The van der Waals surface area contributed by atoms with Crippen LogP contribution in [0.3, 0.4) is 0 Å². The van der Waals surface area contributed by atoms with Crippen molar-refractivity contribution in [2.24, 2.45) is 0 Å². The number of nitrogens with two attached hydrogens (primary N) is 1. The van der Waals surface area contributed by atoms with E-state index in [4.69, 9.17) is 15.2 Å². The second-order valence-corrected chi connectivity index (χ2v) is 5.22. The van der Waals surface area contributed by atoms with Crippen molar-refractivity contribution >= 4 is 11.7 Å². The number of nitrogens with zero attached hydrogens (tertiary/aromatic N) is 1. The normalized spacial score (nSPS) is 14.0. The maximum Gasteiger partial charge on any atom is 0.355 e. The van der Waals surface area contributed by atoms with Gasteiger partial charge in [-0.05, 0) is 36.6 Å². The Bertz CT molecular complexity index is 659. The Hall–Kier alpha value is -2.43. The Morgan fingerprint density at radius 3 is 2.90 bits per heavy atom. The van der Waals surface area contributed by atoms with Crippen LogP contribution in [0.1, 0.15) is 34.9 Å². The van der Waals surface area contributed by atoms with E-state index in [1.807, 2.05) is 28.8 Å². The van der Waals surface area contributed by atoms with E-state index < -0.39 is 0 Å². The zero-order valence-corrected chi connectivity index (χ0v) is 11.9. The lowest BCUT2D eigenvalue weighted by Gasteiger charge is -2.08. The molecule has 2 aromatic rings. The van der Waals surface area contributed by atoms with Gasteiger partial charge < -0.3 is 19.8 Å². The molecule has 1 aromatic heterocycles. The number of hydrogen-bond acceptors (Lipinski definition) is 4. The maximum atomic E-state index is 12.2. The number of carbonyl (C=O) groups excluding carboxylic acids is 1. The summed E-state index contributed by atoms with van der Waals surface area (Å²) in [4.78, 5) is 12.2. The largest absolute Gasteiger partial charge is 0.497 e. The van der Waals surface area contributed by atoms with E-state index in [1.165, 1.54) is 0 Å². The first-order chi connectivity index (χ1) is 10.2. The molecule has 1 aromatic carbocycles. The van der Waals surface area contributed by atoms with Crippen molar-refractivity contribution in [3.63, 3.8) is 0 Å². The van der Waals surface area contributed by atoms with Gasteiger partial charge in [0.2, 0.25) is 0 Å². The van der Waals surface area contributed by atoms with Gasteiger partial charge in [-0.1, -0.05) is 12.1 Å². The van der Waals surface area contributed by atoms with Crippen molar-refractivity contribution in [1.82, 2.24) is 4.57 Å². The third-order valence-electron chi connectivity index (χ3n) is 3.52. The number of anilines is 1. The fraction of sp³-hybridized carbons (Fsp3) is 0.312. The number of esters is 1. The highest BCUT2D eigenvalue weighted by molar-refractivity contribution is 5.89. The lowest BCUT2D eigenvalue weighted by atomic mass is 10.2. The van der Waals surface area contributed by atoms with E-state index in [-0.39, 0.29) is 12.6 Å². The van der Waals surface area contributed by atoms with E-state index in [1.54, 1.807) is 19.4 Å². The zero-order valence-electron chi connectivity index (χ0n) is 11.9. The van der Waals surface area contributed by atoms with Gasteiger partial charge in [0.1, 0.15) is 18.1 Å². The molecule has 1 aliphatic carbocycles. The minimum Gasteiger partial charge on any atom is -0.497 e. The highest BCUT2D eigenvalue weighted by Gasteiger charge is 2.28. The van der Waals surface area contributed by atoms with Crippen molar-refractivity contribution in [1.29, 1.82) is 0 Å². The predicted molar refractivity (Wildman–Crippen MR) is 79.2 cm³/mol. The molecule has 0 bridgehead atoms. The average molecular weight is 286 g/mol. The van der Waals surface area contributed by atoms with E-state index in [0.717, 1.165) is 24.2 Å². The minimum absolute atomic E-state index is 0.214. The molecule has 21 heavy (non-hydrogen) atoms. The molecule has 1 heterocycles. The number of benzene rings is 1. The molecular formula is C16H18N2O3. The summed E-state index contributed by atoms with van der Waals surface area (Å²) in [5.74, 6) is 0.399. The van der Waals surface area contributed by atoms with Crippen LogP contribution in [0.4, 0.5) is 5.69 Å². The minimum atomic E-state index is -0.346. The van der Waals surface area contributed by atoms with Gasteiger partial charge in [-0.25, -0.2) is 4.79 Å². The lowest BCUT2D eigenvalue weighted by Crippen LogP contribution is -2.11. The topological polar surface area (TPSA) is 66.5 Å². The molecule has 5 nitrogen and oxygen atoms in total. The molecule has 2 N–H and O–H groups in total. The Morgan fingerprint density at radius 1 is 1.38 bits per heavy atom. The van der Waals surface area contributed by atoms with Crippen molar-refractivity contribution in [2.75, 3.05) is 12.8 Å². The molecule has 0 spiro atoms. The summed E-state index contributed by atoms with van der Waals surface area (Å²) in [7, 11) is 1.61. The number of nitrogen functional groups attached to an aromatic ring is 1. The quantitative estimate of drug-likeness (QED) is 0.858. The maximum absolute atomic E-state index is 12.2. The molecule has 3 rings (SSSR count). The van der Waals surface area contributed by atoms with Gasteiger partial charge in [0, 0.05) is 12.2 Å². The Kier molecular flexibility index (Phi) is 3.56. The third kappa shape index (κ3) is 3.02. The van der Waals surface area contributed by atoms with Crippen LogP contribution in [0, 0.1) is 0 Å². The molecule has 5 heteroatoms. The average Bonchev–Trinajstić information content (AvgIpc) is 3.27. The molecule has 0 saturated heterocycles. The molecule has 0 aliphatic heterocycles. The summed E-state index contributed by atoms with van der Waals surface area (Å²) in [5.41, 5.74) is 7.79. The SMILES string of the molecule is COc1cccc(COC(=O)c2cc(N)cn2C2CC2)c1. The summed E-state index contributed by atoms with van der Waals surface area (Å²) >= 11 is 0. The van der Waals surface area contributed by atoms with E-state index >= 15 is 0 Å². The summed E-state index contributed by atoms with van der Waals surface area (Å²) < 4.78 is 12.4. The molecule has 0 unspecified atom stereocenters. The lowest BCUT2D eigenvalue weighted by molar-refractivity contribution is 0.0459. The summed E-state index contributed by atoms with van der Waals surface area (Å²) in [5, 5.41) is 0. The van der Waals surface area contributed by atoms with Crippen LogP contribution in [-0.4, -0.2) is 17.6 Å². The van der Waals surface area contributed by atoms with Crippen LogP contribution in [-0.2, 0) is 11.3 Å². The number of methoxy groups -OCH3 is 1. The second-order valence-electron chi connectivity index (χ2n) is 5.22. The molecule has 1 aliphatic rings. The molecular weight excluding hydrogens is 268 g/mol. The van der Waals surface area contributed by atoms with Gasteiger partial charge >= 0.3 is 5.97 Å². The van der Waals surface area contributed by atoms with Crippen molar-refractivity contribution in [3.05, 3.63) is 47.8 Å². The highest BCUT2D eigenvalue weighted by atomic mass is 16.5. The Balaban J connectivity index is 1.69. The van der Waals surface area contributed by atoms with Crippen LogP contribution in [0.15, 0.2) is 36.5 Å². The summed E-state index contributed by atoms with van der Waals surface area (Å²) in [6, 6.07) is 9.52. The monoisotopic (exact) mass is 286 g/mol. The highest BCUT2D eigenvalue weighted by Crippen LogP contribution is 2.37. The van der Waals surface area contributed by atoms with Crippen LogP contribution in [0.2, 0.25) is 0 Å². The summed E-state index contributed by atoms with van der Waals surface area (Å²) in [6.07, 6.45) is 3.98. The van der Waals surface area contributed by atoms with Crippen LogP contribution >= 0.6 is 0 Å². The fourth-order valence-electron chi connectivity index (χ4n) is 2.30. The smallest absolute Gasteiger partial charge is 0.355 e. The number of ether oxygens (including phenoxy) is 2. The van der Waals surface area contributed by atoms with Crippen molar-refractivity contribution in [2.45, 2.75) is 25.5 Å². The molecule has 0 radical (unpaired) electrons. The van der Waals surface area contributed by atoms with Crippen LogP contribution in [0.25, 0.3) is 0 Å². The van der Waals surface area contributed by atoms with Gasteiger partial charge in [0.15, 0.2) is 0 Å². The van der Waals surface area contributed by atoms with Gasteiger partial charge in [-0.2, -0.15) is 0 Å². The van der Waals surface area contributed by atoms with Gasteiger partial charge in [-0.15, -0.1) is 0 Å². The van der Waals surface area contributed by atoms with Gasteiger partial charge in [0.25, 0.3) is 0 Å². The van der Waals surface area contributed by atoms with Crippen molar-refractivity contribution in [3.8, 4) is 5.75 Å². The van der Waals surface area contributed by atoms with Gasteiger partial charge in [-0.3, -0.25) is 0 Å². The fourth-order valence-corrected chi connectivity index (χ4v) is 2.30. The van der Waals surface area contributed by atoms with Crippen LogP contribution < -0.4 is 10.5 Å². The first-order valence-electron chi connectivity index (χ1n) is 6.95.